The number of rotatable bonds is 6. The number of carbonyl (C=O) groups excluding carboxylic acids is 1. The smallest absolute Gasteiger partial charge is 0.338 e. The number of sulfonamides is 1. The summed E-state index contributed by atoms with van der Waals surface area (Å²) in [7, 11) is -2.44. The predicted molar refractivity (Wildman–Crippen MR) is 105 cm³/mol. The van der Waals surface area contributed by atoms with E-state index in [1.54, 1.807) is 27.7 Å². The standard InChI is InChI=1S/C20H25NO5S/c1-12(2)26-20(22)16-7-8-18(25-6)17(11-16)21-27(23,24)19-14(4)9-13(3)10-15(19)5/h7-12,21H,1-6H3. The molecule has 2 aromatic carbocycles. The summed E-state index contributed by atoms with van der Waals surface area (Å²) in [6, 6.07) is 8.11. The predicted octanol–water partition coefficient (Wildman–Crippen LogP) is 3.99. The second-order valence-corrected chi connectivity index (χ2v) is 8.32. The molecule has 0 saturated carbocycles. The fourth-order valence-electron chi connectivity index (χ4n) is 2.98. The first-order chi connectivity index (χ1) is 12.5. The normalized spacial score (nSPS) is 11.4. The van der Waals surface area contributed by atoms with Crippen molar-refractivity contribution in [2.75, 3.05) is 11.8 Å². The molecule has 0 atom stereocenters. The molecule has 0 spiro atoms. The van der Waals surface area contributed by atoms with E-state index < -0.39 is 16.0 Å². The average Bonchev–Trinajstić information content (AvgIpc) is 2.52. The van der Waals surface area contributed by atoms with Gasteiger partial charge in [0, 0.05) is 0 Å². The van der Waals surface area contributed by atoms with Gasteiger partial charge in [-0.15, -0.1) is 0 Å². The van der Waals surface area contributed by atoms with Gasteiger partial charge in [-0.2, -0.15) is 0 Å². The van der Waals surface area contributed by atoms with Crippen LogP contribution in [0.5, 0.6) is 5.75 Å². The number of hydrogen-bond donors (Lipinski definition) is 1. The lowest BCUT2D eigenvalue weighted by Crippen LogP contribution is -2.17. The molecule has 0 bridgehead atoms. The molecule has 6 nitrogen and oxygen atoms in total. The third-order valence-electron chi connectivity index (χ3n) is 3.90. The molecule has 7 heteroatoms. The van der Waals surface area contributed by atoms with Crippen LogP contribution in [0.4, 0.5) is 5.69 Å². The third-order valence-corrected chi connectivity index (χ3v) is 5.57. The van der Waals surface area contributed by atoms with Crippen LogP contribution in [0.1, 0.15) is 40.9 Å². The van der Waals surface area contributed by atoms with Crippen LogP contribution >= 0.6 is 0 Å². The molecule has 0 heterocycles. The van der Waals surface area contributed by atoms with Gasteiger partial charge in [-0.05, 0) is 63.9 Å². The zero-order chi connectivity index (χ0) is 20.4. The van der Waals surface area contributed by atoms with Crippen molar-refractivity contribution in [3.8, 4) is 5.75 Å². The quantitative estimate of drug-likeness (QED) is 0.753. The number of anilines is 1. The maximum atomic E-state index is 13.0. The summed E-state index contributed by atoms with van der Waals surface area (Å²) in [6.45, 7) is 8.91. The molecule has 0 saturated heterocycles. The fraction of sp³-hybridized carbons (Fsp3) is 0.350. The molecule has 0 fully saturated rings. The van der Waals surface area contributed by atoms with Crippen molar-refractivity contribution in [2.45, 2.75) is 45.6 Å². The van der Waals surface area contributed by atoms with E-state index in [0.29, 0.717) is 16.9 Å². The molecule has 27 heavy (non-hydrogen) atoms. The molecule has 0 aromatic heterocycles. The van der Waals surface area contributed by atoms with Crippen molar-refractivity contribution in [2.24, 2.45) is 0 Å². The third kappa shape index (κ3) is 4.80. The zero-order valence-electron chi connectivity index (χ0n) is 16.4. The number of aryl methyl sites for hydroxylation is 3. The van der Waals surface area contributed by atoms with E-state index in [4.69, 9.17) is 9.47 Å². The summed E-state index contributed by atoms with van der Waals surface area (Å²) in [5.74, 6) is -0.224. The molecule has 0 amide bonds. The van der Waals surface area contributed by atoms with Gasteiger partial charge in [0.05, 0.1) is 29.4 Å². The van der Waals surface area contributed by atoms with Crippen LogP contribution in [0.2, 0.25) is 0 Å². The highest BCUT2D eigenvalue weighted by atomic mass is 32.2. The highest BCUT2D eigenvalue weighted by Crippen LogP contribution is 2.30. The lowest BCUT2D eigenvalue weighted by atomic mass is 10.1. The topological polar surface area (TPSA) is 81.7 Å². The minimum Gasteiger partial charge on any atom is -0.495 e. The van der Waals surface area contributed by atoms with Crippen molar-refractivity contribution in [1.29, 1.82) is 0 Å². The van der Waals surface area contributed by atoms with Gasteiger partial charge in [-0.25, -0.2) is 13.2 Å². The van der Waals surface area contributed by atoms with Crippen LogP contribution in [-0.4, -0.2) is 27.6 Å². The second kappa shape index (κ2) is 8.00. The number of nitrogens with one attached hydrogen (secondary N) is 1. The molecule has 146 valence electrons. The van der Waals surface area contributed by atoms with Crippen LogP contribution in [-0.2, 0) is 14.8 Å². The Labute approximate surface area is 160 Å². The summed E-state index contributed by atoms with van der Waals surface area (Å²) in [5.41, 5.74) is 2.69. The lowest BCUT2D eigenvalue weighted by molar-refractivity contribution is 0.0378. The summed E-state index contributed by atoms with van der Waals surface area (Å²) in [5, 5.41) is 0. The Morgan fingerprint density at radius 2 is 1.63 bits per heavy atom. The molecule has 0 radical (unpaired) electrons. The Morgan fingerprint density at radius 1 is 1.04 bits per heavy atom. The van der Waals surface area contributed by atoms with E-state index in [2.05, 4.69) is 4.72 Å². The van der Waals surface area contributed by atoms with Gasteiger partial charge in [0.2, 0.25) is 0 Å². The molecule has 2 rings (SSSR count). The van der Waals surface area contributed by atoms with E-state index in [9.17, 15) is 13.2 Å². The first-order valence-corrected chi connectivity index (χ1v) is 10.0. The van der Waals surface area contributed by atoms with E-state index >= 15 is 0 Å². The Hall–Kier alpha value is -2.54. The molecule has 0 unspecified atom stereocenters. The van der Waals surface area contributed by atoms with Gasteiger partial charge in [0.25, 0.3) is 10.0 Å². The molecule has 1 N–H and O–H groups in total. The highest BCUT2D eigenvalue weighted by Gasteiger charge is 2.22. The fourth-order valence-corrected chi connectivity index (χ4v) is 4.50. The van der Waals surface area contributed by atoms with Crippen molar-refractivity contribution < 1.29 is 22.7 Å². The molecule has 0 aliphatic rings. The van der Waals surface area contributed by atoms with Crippen molar-refractivity contribution in [1.82, 2.24) is 0 Å². The van der Waals surface area contributed by atoms with Crippen molar-refractivity contribution in [3.05, 3.63) is 52.6 Å². The van der Waals surface area contributed by atoms with Crippen molar-refractivity contribution in [3.63, 3.8) is 0 Å². The maximum absolute atomic E-state index is 13.0. The van der Waals surface area contributed by atoms with Crippen LogP contribution in [0, 0.1) is 20.8 Å². The van der Waals surface area contributed by atoms with Gasteiger partial charge in [0.15, 0.2) is 0 Å². The van der Waals surface area contributed by atoms with E-state index in [-0.39, 0.29) is 22.3 Å². The van der Waals surface area contributed by atoms with Crippen LogP contribution in [0.25, 0.3) is 0 Å². The highest BCUT2D eigenvalue weighted by molar-refractivity contribution is 7.92. The molecular weight excluding hydrogens is 366 g/mol. The van der Waals surface area contributed by atoms with Gasteiger partial charge in [-0.3, -0.25) is 4.72 Å². The summed E-state index contributed by atoms with van der Waals surface area (Å²) in [6.07, 6.45) is -0.280. The molecule has 0 aliphatic carbocycles. The molecule has 0 aliphatic heterocycles. The minimum atomic E-state index is -3.87. The van der Waals surface area contributed by atoms with Gasteiger partial charge < -0.3 is 9.47 Å². The Bertz CT molecular complexity index is 941. The first kappa shape index (κ1) is 20.8. The van der Waals surface area contributed by atoms with Gasteiger partial charge >= 0.3 is 5.97 Å². The van der Waals surface area contributed by atoms with E-state index in [0.717, 1.165) is 5.56 Å². The minimum absolute atomic E-state index is 0.176. The molecule has 2 aromatic rings. The van der Waals surface area contributed by atoms with E-state index in [1.165, 1.54) is 25.3 Å². The number of hydrogen-bond acceptors (Lipinski definition) is 5. The number of ether oxygens (including phenoxy) is 2. The maximum Gasteiger partial charge on any atom is 0.338 e. The SMILES string of the molecule is COc1ccc(C(=O)OC(C)C)cc1NS(=O)(=O)c1c(C)cc(C)cc1C. The Morgan fingerprint density at radius 3 is 2.15 bits per heavy atom. The van der Waals surface area contributed by atoms with Gasteiger partial charge in [0.1, 0.15) is 5.75 Å². The largest absolute Gasteiger partial charge is 0.495 e. The van der Waals surface area contributed by atoms with Crippen LogP contribution in [0.3, 0.4) is 0 Å². The summed E-state index contributed by atoms with van der Waals surface area (Å²) in [4.78, 5) is 12.4. The number of benzene rings is 2. The lowest BCUT2D eigenvalue weighted by Gasteiger charge is -2.16. The Kier molecular flexibility index (Phi) is 6.15. The number of carbonyl (C=O) groups is 1. The Balaban J connectivity index is 2.47. The zero-order valence-corrected chi connectivity index (χ0v) is 17.2. The summed E-state index contributed by atoms with van der Waals surface area (Å²) < 4.78 is 39.0. The number of methoxy groups -OCH3 is 1. The van der Waals surface area contributed by atoms with Gasteiger partial charge in [-0.1, -0.05) is 17.7 Å². The van der Waals surface area contributed by atoms with Crippen LogP contribution < -0.4 is 9.46 Å². The monoisotopic (exact) mass is 391 g/mol. The first-order valence-electron chi connectivity index (χ1n) is 8.55. The summed E-state index contributed by atoms with van der Waals surface area (Å²) >= 11 is 0. The number of esters is 1. The average molecular weight is 391 g/mol. The van der Waals surface area contributed by atoms with Crippen LogP contribution in [0.15, 0.2) is 35.2 Å². The second-order valence-electron chi connectivity index (χ2n) is 6.70. The molecular formula is C20H25NO5S. The van der Waals surface area contributed by atoms with E-state index in [1.807, 2.05) is 19.1 Å². The van der Waals surface area contributed by atoms with Crippen molar-refractivity contribution >= 4 is 21.7 Å².